The lowest BCUT2D eigenvalue weighted by Crippen LogP contribution is -2.45. The van der Waals surface area contributed by atoms with Gasteiger partial charge in [0.1, 0.15) is 6.04 Å². The highest BCUT2D eigenvalue weighted by Gasteiger charge is 2.16. The first kappa shape index (κ1) is 12.4. The summed E-state index contributed by atoms with van der Waals surface area (Å²) in [5.41, 5.74) is 10.1. The monoisotopic (exact) mass is 168 g/mol. The molecule has 0 radical (unpaired) electrons. The maximum Gasteiger partial charge on any atom is 0.237 e. The van der Waals surface area contributed by atoms with Crippen molar-refractivity contribution in [3.8, 4) is 0 Å². The van der Waals surface area contributed by atoms with E-state index in [9.17, 15) is 4.79 Å². The molecule has 0 aliphatic carbocycles. The van der Waals surface area contributed by atoms with Gasteiger partial charge in [-0.15, -0.1) is 12.4 Å². The standard InChI is InChI=1S/C5H12N2O2.ClH/c1-3(9-2)4(6)5(7)8;/h3-4H,6H2,1-2H3,(H2,7,8);1H/t3-,4+;/m1./s1. The molecule has 0 bridgehead atoms. The smallest absolute Gasteiger partial charge is 0.237 e. The van der Waals surface area contributed by atoms with Gasteiger partial charge in [-0.25, -0.2) is 0 Å². The molecule has 0 aliphatic heterocycles. The van der Waals surface area contributed by atoms with E-state index in [0.29, 0.717) is 0 Å². The number of halogens is 1. The number of methoxy groups -OCH3 is 1. The van der Waals surface area contributed by atoms with Crippen LogP contribution in [0.25, 0.3) is 0 Å². The molecule has 10 heavy (non-hydrogen) atoms. The van der Waals surface area contributed by atoms with Crippen molar-refractivity contribution in [1.29, 1.82) is 0 Å². The molecule has 0 aromatic rings. The van der Waals surface area contributed by atoms with Gasteiger partial charge in [0.05, 0.1) is 6.10 Å². The first-order chi connectivity index (χ1) is 4.09. The lowest BCUT2D eigenvalue weighted by atomic mass is 10.2. The second-order valence-corrected chi connectivity index (χ2v) is 1.87. The van der Waals surface area contributed by atoms with Gasteiger partial charge in [0.25, 0.3) is 0 Å². The third kappa shape index (κ3) is 3.66. The number of carbonyl (C=O) groups excluding carboxylic acids is 1. The van der Waals surface area contributed by atoms with Crippen molar-refractivity contribution in [3.63, 3.8) is 0 Å². The molecular formula is C5H13ClN2O2. The van der Waals surface area contributed by atoms with E-state index >= 15 is 0 Å². The van der Waals surface area contributed by atoms with E-state index in [1.807, 2.05) is 0 Å². The first-order valence-electron chi connectivity index (χ1n) is 2.67. The normalized spacial score (nSPS) is 15.1. The van der Waals surface area contributed by atoms with Crippen LogP contribution in [-0.2, 0) is 9.53 Å². The fourth-order valence-corrected chi connectivity index (χ4v) is 0.378. The summed E-state index contributed by atoms with van der Waals surface area (Å²) >= 11 is 0. The highest BCUT2D eigenvalue weighted by Crippen LogP contribution is 1.91. The molecule has 0 rings (SSSR count). The summed E-state index contributed by atoms with van der Waals surface area (Å²) in [6.07, 6.45) is -0.303. The number of primary amides is 1. The zero-order chi connectivity index (χ0) is 7.44. The third-order valence-electron chi connectivity index (χ3n) is 1.21. The maximum atomic E-state index is 10.3. The van der Waals surface area contributed by atoms with Gasteiger partial charge in [-0.1, -0.05) is 0 Å². The molecule has 1 amide bonds. The van der Waals surface area contributed by atoms with Crippen LogP contribution in [0.2, 0.25) is 0 Å². The van der Waals surface area contributed by atoms with E-state index in [-0.39, 0.29) is 18.5 Å². The number of hydrogen-bond acceptors (Lipinski definition) is 3. The molecule has 0 aromatic carbocycles. The van der Waals surface area contributed by atoms with E-state index in [0.717, 1.165) is 0 Å². The van der Waals surface area contributed by atoms with Gasteiger partial charge in [0, 0.05) is 7.11 Å². The lowest BCUT2D eigenvalue weighted by Gasteiger charge is -2.13. The predicted molar refractivity (Wildman–Crippen MR) is 40.9 cm³/mol. The molecule has 5 heteroatoms. The summed E-state index contributed by atoms with van der Waals surface area (Å²) in [6.45, 7) is 1.69. The van der Waals surface area contributed by atoms with Gasteiger partial charge >= 0.3 is 0 Å². The zero-order valence-corrected chi connectivity index (χ0v) is 6.85. The van der Waals surface area contributed by atoms with Gasteiger partial charge in [-0.2, -0.15) is 0 Å². The molecule has 0 saturated heterocycles. The van der Waals surface area contributed by atoms with Gasteiger partial charge in [-0.3, -0.25) is 4.79 Å². The Morgan fingerprint density at radius 1 is 1.60 bits per heavy atom. The Balaban J connectivity index is 0. The van der Waals surface area contributed by atoms with Crippen LogP contribution < -0.4 is 11.5 Å². The van der Waals surface area contributed by atoms with E-state index in [2.05, 4.69) is 0 Å². The minimum Gasteiger partial charge on any atom is -0.380 e. The zero-order valence-electron chi connectivity index (χ0n) is 6.03. The summed E-state index contributed by atoms with van der Waals surface area (Å²) in [6, 6.07) is -0.699. The Morgan fingerprint density at radius 3 is 2.10 bits per heavy atom. The molecule has 2 atom stereocenters. The maximum absolute atomic E-state index is 10.3. The molecule has 4 N–H and O–H groups in total. The molecule has 0 saturated carbocycles. The van der Waals surface area contributed by atoms with E-state index in [4.69, 9.17) is 16.2 Å². The summed E-state index contributed by atoms with van der Waals surface area (Å²) in [7, 11) is 1.48. The number of amides is 1. The number of nitrogens with two attached hydrogens (primary N) is 2. The van der Waals surface area contributed by atoms with Crippen LogP contribution >= 0.6 is 12.4 Å². The molecule has 62 valence electrons. The number of hydrogen-bond donors (Lipinski definition) is 2. The molecule has 4 nitrogen and oxygen atoms in total. The second-order valence-electron chi connectivity index (χ2n) is 1.87. The molecule has 0 unspecified atom stereocenters. The van der Waals surface area contributed by atoms with E-state index in [1.54, 1.807) is 6.92 Å². The SMILES string of the molecule is CO[C@H](C)[C@H](N)C(N)=O.Cl. The molecule has 0 aromatic heterocycles. The van der Waals surface area contributed by atoms with Crippen molar-refractivity contribution in [2.45, 2.75) is 19.1 Å². The molecular weight excluding hydrogens is 156 g/mol. The average Bonchev–Trinajstić information content (AvgIpc) is 1.84. The summed E-state index contributed by atoms with van der Waals surface area (Å²) in [5.74, 6) is -0.538. The topological polar surface area (TPSA) is 78.3 Å². The largest absolute Gasteiger partial charge is 0.380 e. The van der Waals surface area contributed by atoms with Gasteiger partial charge in [0.15, 0.2) is 0 Å². The van der Waals surface area contributed by atoms with Crippen molar-refractivity contribution in [2.24, 2.45) is 11.5 Å². The third-order valence-corrected chi connectivity index (χ3v) is 1.21. The average molecular weight is 169 g/mol. The van der Waals surface area contributed by atoms with Crippen LogP contribution in [-0.4, -0.2) is 25.2 Å². The summed E-state index contributed by atoms with van der Waals surface area (Å²) in [5, 5.41) is 0. The van der Waals surface area contributed by atoms with Crippen LogP contribution in [0.15, 0.2) is 0 Å². The predicted octanol–water partition coefficient (Wildman–Crippen LogP) is -0.744. The van der Waals surface area contributed by atoms with Crippen molar-refractivity contribution in [3.05, 3.63) is 0 Å². The van der Waals surface area contributed by atoms with Crippen molar-refractivity contribution in [2.75, 3.05) is 7.11 Å². The van der Waals surface area contributed by atoms with E-state index in [1.165, 1.54) is 7.11 Å². The van der Waals surface area contributed by atoms with Crippen LogP contribution in [0.3, 0.4) is 0 Å². The molecule has 0 aliphatic rings. The fourth-order valence-electron chi connectivity index (χ4n) is 0.378. The Labute approximate surface area is 66.3 Å². The van der Waals surface area contributed by atoms with Gasteiger partial charge in [0.2, 0.25) is 5.91 Å². The number of rotatable bonds is 3. The first-order valence-corrected chi connectivity index (χ1v) is 2.67. The molecule has 0 spiro atoms. The molecule has 0 heterocycles. The van der Waals surface area contributed by atoms with Crippen LogP contribution in [0.1, 0.15) is 6.92 Å². The fraction of sp³-hybridized carbons (Fsp3) is 0.800. The molecule has 0 fully saturated rings. The highest BCUT2D eigenvalue weighted by molar-refractivity contribution is 5.85. The minimum atomic E-state index is -0.699. The second kappa shape index (κ2) is 5.46. The van der Waals surface area contributed by atoms with Crippen LogP contribution in [0.5, 0.6) is 0 Å². The van der Waals surface area contributed by atoms with Crippen molar-refractivity contribution >= 4 is 18.3 Å². The van der Waals surface area contributed by atoms with Crippen LogP contribution in [0, 0.1) is 0 Å². The van der Waals surface area contributed by atoms with Crippen LogP contribution in [0.4, 0.5) is 0 Å². The highest BCUT2D eigenvalue weighted by atomic mass is 35.5. The Bertz CT molecular complexity index is 110. The quantitative estimate of drug-likeness (QED) is 0.583. The van der Waals surface area contributed by atoms with E-state index < -0.39 is 11.9 Å². The number of carbonyl (C=O) groups is 1. The van der Waals surface area contributed by atoms with Crippen molar-refractivity contribution in [1.82, 2.24) is 0 Å². The Kier molecular flexibility index (Phi) is 6.76. The van der Waals surface area contributed by atoms with Crippen molar-refractivity contribution < 1.29 is 9.53 Å². The lowest BCUT2D eigenvalue weighted by molar-refractivity contribution is -0.121. The summed E-state index contributed by atoms with van der Waals surface area (Å²) in [4.78, 5) is 10.3. The summed E-state index contributed by atoms with van der Waals surface area (Å²) < 4.78 is 4.75. The number of ether oxygens (including phenoxy) is 1. The van der Waals surface area contributed by atoms with Gasteiger partial charge in [-0.05, 0) is 6.92 Å². The van der Waals surface area contributed by atoms with Gasteiger partial charge < -0.3 is 16.2 Å². The Morgan fingerprint density at radius 2 is 2.00 bits per heavy atom. The Hall–Kier alpha value is -0.320. The minimum absolute atomic E-state index is 0.